The Balaban J connectivity index is 2.75. The summed E-state index contributed by atoms with van der Waals surface area (Å²) in [6.07, 6.45) is 1.30. The van der Waals surface area contributed by atoms with E-state index in [2.05, 4.69) is 0 Å². The van der Waals surface area contributed by atoms with E-state index in [-0.39, 0.29) is 0 Å². The van der Waals surface area contributed by atoms with E-state index in [4.69, 9.17) is 17.3 Å². The molecule has 1 aromatic carbocycles. The first-order valence-corrected chi connectivity index (χ1v) is 4.41. The van der Waals surface area contributed by atoms with Gasteiger partial charge in [0, 0.05) is 5.02 Å². The number of carbonyl (C=O) groups excluding carboxylic acids is 1. The van der Waals surface area contributed by atoms with Gasteiger partial charge in [0.15, 0.2) is 0 Å². The van der Waals surface area contributed by atoms with Crippen molar-refractivity contribution < 1.29 is 4.79 Å². The van der Waals surface area contributed by atoms with Crippen LogP contribution in [0.5, 0.6) is 0 Å². The molecule has 0 amide bonds. The lowest BCUT2D eigenvalue weighted by Gasteiger charge is -2.16. The van der Waals surface area contributed by atoms with E-state index in [1.165, 1.54) is 0 Å². The van der Waals surface area contributed by atoms with Gasteiger partial charge in [-0.25, -0.2) is 0 Å². The normalized spacial score (nSPS) is 15.0. The van der Waals surface area contributed by atoms with Crippen molar-refractivity contribution in [3.8, 4) is 0 Å². The first kappa shape index (κ1) is 10.2. The van der Waals surface area contributed by atoms with Crippen molar-refractivity contribution >= 4 is 17.9 Å². The van der Waals surface area contributed by atoms with Crippen molar-refractivity contribution in [2.45, 2.75) is 18.9 Å². The second kappa shape index (κ2) is 3.90. The number of hydrogen-bond acceptors (Lipinski definition) is 2. The van der Waals surface area contributed by atoms with Gasteiger partial charge >= 0.3 is 0 Å². The van der Waals surface area contributed by atoms with Crippen LogP contribution in [0.3, 0.4) is 0 Å². The molecule has 1 aromatic rings. The van der Waals surface area contributed by atoms with Gasteiger partial charge in [0.2, 0.25) is 0 Å². The predicted molar refractivity (Wildman–Crippen MR) is 53.8 cm³/mol. The zero-order chi connectivity index (χ0) is 9.90. The minimum absolute atomic E-state index is 0.535. The third kappa shape index (κ3) is 3.17. The molecule has 0 fully saturated rings. The molecule has 0 radical (unpaired) electrons. The van der Waals surface area contributed by atoms with E-state index >= 15 is 0 Å². The lowest BCUT2D eigenvalue weighted by atomic mass is 9.96. The lowest BCUT2D eigenvalue weighted by Crippen LogP contribution is -2.40. The van der Waals surface area contributed by atoms with Crippen LogP contribution in [0.15, 0.2) is 24.3 Å². The van der Waals surface area contributed by atoms with Crippen molar-refractivity contribution in [2.75, 3.05) is 0 Å². The highest BCUT2D eigenvalue weighted by atomic mass is 35.5. The maximum atomic E-state index is 10.5. The van der Waals surface area contributed by atoms with E-state index in [1.807, 2.05) is 12.1 Å². The molecule has 1 rings (SSSR count). The summed E-state index contributed by atoms with van der Waals surface area (Å²) in [6.45, 7) is 1.70. The topological polar surface area (TPSA) is 43.1 Å². The molecule has 13 heavy (non-hydrogen) atoms. The van der Waals surface area contributed by atoms with Gasteiger partial charge in [0.05, 0.1) is 5.54 Å². The highest BCUT2D eigenvalue weighted by molar-refractivity contribution is 6.30. The molecule has 0 saturated carbocycles. The van der Waals surface area contributed by atoms with E-state index in [9.17, 15) is 4.79 Å². The summed E-state index contributed by atoms with van der Waals surface area (Å²) in [5.74, 6) is 0. The number of halogens is 1. The molecule has 70 valence electrons. The van der Waals surface area contributed by atoms with Crippen LogP contribution >= 0.6 is 11.6 Å². The standard InChI is InChI=1S/C10H12ClNO/c1-10(12,7-13)6-8-2-4-9(11)5-3-8/h2-5,7H,6,12H2,1H3/t10-/m1/s1. The molecule has 0 aliphatic heterocycles. The fraction of sp³-hybridized carbons (Fsp3) is 0.300. The van der Waals surface area contributed by atoms with Gasteiger partial charge < -0.3 is 10.5 Å². The average molecular weight is 198 g/mol. The van der Waals surface area contributed by atoms with Crippen molar-refractivity contribution in [3.63, 3.8) is 0 Å². The van der Waals surface area contributed by atoms with Crippen LogP contribution in [0.25, 0.3) is 0 Å². The molecule has 2 nitrogen and oxygen atoms in total. The summed E-state index contributed by atoms with van der Waals surface area (Å²) in [6, 6.07) is 7.32. The van der Waals surface area contributed by atoms with Crippen LogP contribution in [-0.4, -0.2) is 11.8 Å². The number of hydrogen-bond donors (Lipinski definition) is 1. The van der Waals surface area contributed by atoms with Crippen LogP contribution in [0.2, 0.25) is 5.02 Å². The van der Waals surface area contributed by atoms with E-state index < -0.39 is 5.54 Å². The Morgan fingerprint density at radius 3 is 2.46 bits per heavy atom. The largest absolute Gasteiger partial charge is 0.319 e. The van der Waals surface area contributed by atoms with Crippen molar-refractivity contribution in [1.29, 1.82) is 0 Å². The Hall–Kier alpha value is -0.860. The third-order valence-electron chi connectivity index (χ3n) is 1.77. The van der Waals surface area contributed by atoms with E-state index in [1.54, 1.807) is 19.1 Å². The summed E-state index contributed by atoms with van der Waals surface area (Å²) >= 11 is 5.72. The third-order valence-corrected chi connectivity index (χ3v) is 2.02. The molecule has 2 N–H and O–H groups in total. The highest BCUT2D eigenvalue weighted by Crippen LogP contribution is 2.13. The van der Waals surface area contributed by atoms with Crippen LogP contribution in [-0.2, 0) is 11.2 Å². The second-order valence-corrected chi connectivity index (χ2v) is 3.86. The van der Waals surface area contributed by atoms with Gasteiger partial charge in [-0.1, -0.05) is 23.7 Å². The number of carbonyl (C=O) groups is 1. The Morgan fingerprint density at radius 1 is 1.46 bits per heavy atom. The zero-order valence-corrected chi connectivity index (χ0v) is 8.21. The van der Waals surface area contributed by atoms with Crippen LogP contribution in [0.4, 0.5) is 0 Å². The van der Waals surface area contributed by atoms with Crippen LogP contribution in [0.1, 0.15) is 12.5 Å². The van der Waals surface area contributed by atoms with Crippen LogP contribution in [0, 0.1) is 0 Å². The molecule has 3 heteroatoms. The van der Waals surface area contributed by atoms with Crippen LogP contribution < -0.4 is 5.73 Å². The van der Waals surface area contributed by atoms with Crippen molar-refractivity contribution in [1.82, 2.24) is 0 Å². The Labute approximate surface area is 82.7 Å². The highest BCUT2D eigenvalue weighted by Gasteiger charge is 2.17. The molecule has 0 spiro atoms. The summed E-state index contributed by atoms with van der Waals surface area (Å²) in [5.41, 5.74) is 5.92. The Kier molecular flexibility index (Phi) is 3.07. The summed E-state index contributed by atoms with van der Waals surface area (Å²) in [4.78, 5) is 10.5. The number of benzene rings is 1. The first-order valence-electron chi connectivity index (χ1n) is 4.03. The summed E-state index contributed by atoms with van der Waals surface area (Å²) in [7, 11) is 0. The summed E-state index contributed by atoms with van der Waals surface area (Å²) < 4.78 is 0. The fourth-order valence-corrected chi connectivity index (χ4v) is 1.21. The van der Waals surface area contributed by atoms with Gasteiger partial charge in [0.1, 0.15) is 6.29 Å². The summed E-state index contributed by atoms with van der Waals surface area (Å²) in [5, 5.41) is 0.688. The molecular formula is C10H12ClNO. The van der Waals surface area contributed by atoms with Gasteiger partial charge in [-0.05, 0) is 31.0 Å². The minimum Gasteiger partial charge on any atom is -0.319 e. The fourth-order valence-electron chi connectivity index (χ4n) is 1.08. The minimum atomic E-state index is -0.784. The molecule has 0 unspecified atom stereocenters. The van der Waals surface area contributed by atoms with Gasteiger partial charge in [-0.15, -0.1) is 0 Å². The van der Waals surface area contributed by atoms with Crippen molar-refractivity contribution in [3.05, 3.63) is 34.9 Å². The monoisotopic (exact) mass is 197 g/mol. The Bertz CT molecular complexity index is 292. The molecule has 0 bridgehead atoms. The number of nitrogens with two attached hydrogens (primary N) is 1. The molecule has 0 heterocycles. The van der Waals surface area contributed by atoms with Gasteiger partial charge in [0.25, 0.3) is 0 Å². The Morgan fingerprint density at radius 2 is 2.00 bits per heavy atom. The van der Waals surface area contributed by atoms with Gasteiger partial charge in [-0.3, -0.25) is 0 Å². The molecule has 1 atom stereocenters. The predicted octanol–water partition coefficient (Wildman–Crippen LogP) is 1.80. The molecule has 0 aliphatic carbocycles. The first-order chi connectivity index (χ1) is 6.03. The second-order valence-electron chi connectivity index (χ2n) is 3.43. The van der Waals surface area contributed by atoms with E-state index in [0.29, 0.717) is 11.4 Å². The molecule has 0 aromatic heterocycles. The number of aldehydes is 1. The molecule has 0 saturated heterocycles. The van der Waals surface area contributed by atoms with E-state index in [0.717, 1.165) is 11.8 Å². The van der Waals surface area contributed by atoms with Gasteiger partial charge in [-0.2, -0.15) is 0 Å². The zero-order valence-electron chi connectivity index (χ0n) is 7.46. The maximum Gasteiger partial charge on any atom is 0.139 e. The molecular weight excluding hydrogens is 186 g/mol. The smallest absolute Gasteiger partial charge is 0.139 e. The SMILES string of the molecule is C[C@](N)(C=O)Cc1ccc(Cl)cc1. The quantitative estimate of drug-likeness (QED) is 0.751. The number of rotatable bonds is 3. The molecule has 0 aliphatic rings. The maximum absolute atomic E-state index is 10.5. The lowest BCUT2D eigenvalue weighted by molar-refractivity contribution is -0.111. The van der Waals surface area contributed by atoms with Crippen molar-refractivity contribution in [2.24, 2.45) is 5.73 Å². The average Bonchev–Trinajstić information content (AvgIpc) is 2.09.